The Morgan fingerprint density at radius 2 is 2.11 bits per heavy atom. The number of rotatable bonds is 3. The number of pyridine rings is 1. The predicted molar refractivity (Wildman–Crippen MR) is 68.3 cm³/mol. The quantitative estimate of drug-likeness (QED) is 0.926. The van der Waals surface area contributed by atoms with Crippen LogP contribution in [0.2, 0.25) is 5.02 Å². The summed E-state index contributed by atoms with van der Waals surface area (Å²) in [5.41, 5.74) is 6.52. The van der Waals surface area contributed by atoms with E-state index in [0.717, 1.165) is 0 Å². The summed E-state index contributed by atoms with van der Waals surface area (Å²) in [7, 11) is 0. The fraction of sp³-hybridized carbons (Fsp3) is 0.154. The van der Waals surface area contributed by atoms with Crippen molar-refractivity contribution in [1.29, 1.82) is 0 Å². The van der Waals surface area contributed by atoms with E-state index in [4.69, 9.17) is 22.1 Å². The fourth-order valence-corrected chi connectivity index (χ4v) is 1.66. The second-order valence-corrected chi connectivity index (χ2v) is 4.18. The first kappa shape index (κ1) is 12.8. The lowest BCUT2D eigenvalue weighted by Gasteiger charge is -2.08. The lowest BCUT2D eigenvalue weighted by molar-refractivity contribution is 0.424. The first-order valence-corrected chi connectivity index (χ1v) is 5.78. The van der Waals surface area contributed by atoms with Crippen LogP contribution in [-0.2, 0) is 6.54 Å². The molecule has 94 valence electrons. The van der Waals surface area contributed by atoms with Crippen molar-refractivity contribution in [2.75, 3.05) is 0 Å². The van der Waals surface area contributed by atoms with Gasteiger partial charge in [-0.1, -0.05) is 23.7 Å². The van der Waals surface area contributed by atoms with Crippen molar-refractivity contribution in [3.05, 3.63) is 52.4 Å². The third kappa shape index (κ3) is 2.60. The summed E-state index contributed by atoms with van der Waals surface area (Å²) in [6, 6.07) is 8.13. The molecule has 0 radical (unpaired) electrons. The molecule has 18 heavy (non-hydrogen) atoms. The van der Waals surface area contributed by atoms with Crippen molar-refractivity contribution in [3.8, 4) is 11.6 Å². The molecule has 0 unspecified atom stereocenters. The van der Waals surface area contributed by atoms with Crippen LogP contribution >= 0.6 is 11.6 Å². The van der Waals surface area contributed by atoms with Gasteiger partial charge in [0.25, 0.3) is 0 Å². The topological polar surface area (TPSA) is 48.1 Å². The number of halogens is 2. The molecule has 0 saturated heterocycles. The van der Waals surface area contributed by atoms with Gasteiger partial charge in [0.05, 0.1) is 10.7 Å². The molecular weight excluding hydrogens is 255 g/mol. The van der Waals surface area contributed by atoms with Crippen LogP contribution in [0.15, 0.2) is 30.3 Å². The summed E-state index contributed by atoms with van der Waals surface area (Å²) in [5, 5.41) is 0.467. The van der Waals surface area contributed by atoms with Crippen LogP contribution in [0, 0.1) is 12.7 Å². The number of nitrogens with two attached hydrogens (primary N) is 1. The minimum atomic E-state index is -0.399. The molecule has 3 nitrogen and oxygen atoms in total. The molecule has 1 aromatic heterocycles. The Kier molecular flexibility index (Phi) is 3.79. The molecule has 0 amide bonds. The number of ether oxygens (including phenoxy) is 1. The maximum absolute atomic E-state index is 13.7. The number of hydrogen-bond acceptors (Lipinski definition) is 3. The SMILES string of the molecule is Cc1cccc(Oc2ccc(Cl)c(CN)n2)c1F. The zero-order valence-corrected chi connectivity index (χ0v) is 10.5. The number of nitrogens with zero attached hydrogens (tertiary/aromatic N) is 1. The van der Waals surface area contributed by atoms with Crippen LogP contribution in [0.1, 0.15) is 11.3 Å². The van der Waals surface area contributed by atoms with Gasteiger partial charge in [0.2, 0.25) is 5.88 Å². The van der Waals surface area contributed by atoms with E-state index in [1.807, 2.05) is 0 Å². The van der Waals surface area contributed by atoms with Crippen LogP contribution in [0.25, 0.3) is 0 Å². The Morgan fingerprint density at radius 1 is 1.33 bits per heavy atom. The molecule has 1 aromatic carbocycles. The normalized spacial score (nSPS) is 10.4. The highest BCUT2D eigenvalue weighted by Crippen LogP contribution is 2.26. The summed E-state index contributed by atoms with van der Waals surface area (Å²) >= 11 is 5.88. The van der Waals surface area contributed by atoms with Crippen LogP contribution in [-0.4, -0.2) is 4.98 Å². The van der Waals surface area contributed by atoms with E-state index in [-0.39, 0.29) is 18.2 Å². The summed E-state index contributed by atoms with van der Waals surface area (Å²) in [4.78, 5) is 4.11. The fourth-order valence-electron chi connectivity index (χ4n) is 1.48. The highest BCUT2D eigenvalue weighted by atomic mass is 35.5. The van der Waals surface area contributed by atoms with Crippen molar-refractivity contribution in [3.63, 3.8) is 0 Å². The van der Waals surface area contributed by atoms with Crippen LogP contribution in [0.5, 0.6) is 11.6 Å². The molecule has 0 spiro atoms. The lowest BCUT2D eigenvalue weighted by Crippen LogP contribution is -2.02. The average Bonchev–Trinajstić information content (AvgIpc) is 2.37. The number of aromatic nitrogens is 1. The second-order valence-electron chi connectivity index (χ2n) is 3.77. The number of hydrogen-bond donors (Lipinski definition) is 1. The van der Waals surface area contributed by atoms with Gasteiger partial charge < -0.3 is 10.5 Å². The van der Waals surface area contributed by atoms with Gasteiger partial charge in [0, 0.05) is 12.6 Å². The molecule has 0 aliphatic heterocycles. The molecule has 2 aromatic rings. The van der Waals surface area contributed by atoms with Gasteiger partial charge in [0.1, 0.15) is 0 Å². The maximum atomic E-state index is 13.7. The molecular formula is C13H12ClFN2O. The van der Waals surface area contributed by atoms with Crippen LogP contribution in [0.4, 0.5) is 4.39 Å². The summed E-state index contributed by atoms with van der Waals surface area (Å²) in [6.45, 7) is 1.87. The van der Waals surface area contributed by atoms with Gasteiger partial charge in [-0.2, -0.15) is 0 Å². The number of benzene rings is 1. The Hall–Kier alpha value is -1.65. The minimum absolute atomic E-state index is 0.132. The third-order valence-corrected chi connectivity index (χ3v) is 2.80. The standard InChI is InChI=1S/C13H12ClFN2O/c1-8-3-2-4-11(13(8)15)18-12-6-5-9(14)10(7-16)17-12/h2-6H,7,16H2,1H3. The molecule has 0 aliphatic carbocycles. The maximum Gasteiger partial charge on any atom is 0.219 e. The van der Waals surface area contributed by atoms with Gasteiger partial charge in [-0.05, 0) is 24.6 Å². The summed E-state index contributed by atoms with van der Waals surface area (Å²) in [5.74, 6) is 0.000641. The first-order valence-electron chi connectivity index (χ1n) is 5.40. The summed E-state index contributed by atoms with van der Waals surface area (Å²) < 4.78 is 19.1. The van der Waals surface area contributed by atoms with E-state index < -0.39 is 5.82 Å². The van der Waals surface area contributed by atoms with Crippen LogP contribution < -0.4 is 10.5 Å². The minimum Gasteiger partial charge on any atom is -0.436 e. The van der Waals surface area contributed by atoms with E-state index in [9.17, 15) is 4.39 Å². The van der Waals surface area contributed by atoms with Gasteiger partial charge in [0.15, 0.2) is 11.6 Å². The third-order valence-electron chi connectivity index (χ3n) is 2.46. The van der Waals surface area contributed by atoms with E-state index in [0.29, 0.717) is 16.3 Å². The Bertz CT molecular complexity index is 575. The van der Waals surface area contributed by atoms with Gasteiger partial charge >= 0.3 is 0 Å². The van der Waals surface area contributed by atoms with Gasteiger partial charge in [-0.25, -0.2) is 9.37 Å². The predicted octanol–water partition coefficient (Wildman–Crippen LogP) is 3.43. The molecule has 0 aliphatic rings. The Morgan fingerprint density at radius 3 is 2.83 bits per heavy atom. The van der Waals surface area contributed by atoms with Crippen molar-refractivity contribution in [2.24, 2.45) is 5.73 Å². The number of aryl methyl sites for hydroxylation is 1. The highest BCUT2D eigenvalue weighted by molar-refractivity contribution is 6.31. The largest absolute Gasteiger partial charge is 0.436 e. The van der Waals surface area contributed by atoms with Crippen molar-refractivity contribution in [1.82, 2.24) is 4.98 Å². The van der Waals surface area contributed by atoms with Crippen LogP contribution in [0.3, 0.4) is 0 Å². The average molecular weight is 267 g/mol. The molecule has 2 rings (SSSR count). The van der Waals surface area contributed by atoms with Gasteiger partial charge in [-0.15, -0.1) is 0 Å². The van der Waals surface area contributed by atoms with Crippen molar-refractivity contribution < 1.29 is 9.13 Å². The first-order chi connectivity index (χ1) is 8.61. The molecule has 0 fully saturated rings. The zero-order valence-electron chi connectivity index (χ0n) is 9.78. The Balaban J connectivity index is 2.31. The summed E-state index contributed by atoms with van der Waals surface area (Å²) in [6.07, 6.45) is 0. The molecule has 0 bridgehead atoms. The van der Waals surface area contributed by atoms with Crippen molar-refractivity contribution in [2.45, 2.75) is 13.5 Å². The Labute approximate surface area is 109 Å². The molecule has 2 N–H and O–H groups in total. The van der Waals surface area contributed by atoms with E-state index in [1.165, 1.54) is 0 Å². The molecule has 0 saturated carbocycles. The van der Waals surface area contributed by atoms with Gasteiger partial charge in [-0.3, -0.25) is 0 Å². The molecule has 1 heterocycles. The highest BCUT2D eigenvalue weighted by Gasteiger charge is 2.09. The monoisotopic (exact) mass is 266 g/mol. The van der Waals surface area contributed by atoms with E-state index in [2.05, 4.69) is 4.98 Å². The van der Waals surface area contributed by atoms with Crippen molar-refractivity contribution >= 4 is 11.6 Å². The lowest BCUT2D eigenvalue weighted by atomic mass is 10.2. The molecule has 0 atom stereocenters. The second kappa shape index (κ2) is 5.33. The molecule has 5 heteroatoms. The van der Waals surface area contributed by atoms with E-state index in [1.54, 1.807) is 37.3 Å². The zero-order chi connectivity index (χ0) is 13.1. The smallest absolute Gasteiger partial charge is 0.219 e. The van der Waals surface area contributed by atoms with E-state index >= 15 is 0 Å².